The first-order valence-corrected chi connectivity index (χ1v) is 5.17. The highest BCUT2D eigenvalue weighted by Gasteiger charge is 2.03. The summed E-state index contributed by atoms with van der Waals surface area (Å²) in [7, 11) is 0. The van der Waals surface area contributed by atoms with E-state index in [1.54, 1.807) is 25.3 Å². The van der Waals surface area contributed by atoms with Crippen molar-refractivity contribution in [2.45, 2.75) is 13.5 Å². The summed E-state index contributed by atoms with van der Waals surface area (Å²) in [4.78, 5) is 11.7. The lowest BCUT2D eigenvalue weighted by atomic mass is 10.2. The maximum absolute atomic E-state index is 13.0. The molecule has 0 bridgehead atoms. The Labute approximate surface area is 97.1 Å². The van der Waals surface area contributed by atoms with Gasteiger partial charge in [0.15, 0.2) is 0 Å². The van der Waals surface area contributed by atoms with E-state index in [-0.39, 0.29) is 12.1 Å². The second-order valence-electron chi connectivity index (χ2n) is 3.90. The molecule has 0 saturated carbocycles. The lowest BCUT2D eigenvalue weighted by Gasteiger charge is -2.06. The molecule has 0 aliphatic heterocycles. The van der Waals surface area contributed by atoms with Gasteiger partial charge in [-0.1, -0.05) is 6.07 Å². The second kappa shape index (κ2) is 4.49. The molecule has 2 rings (SSSR count). The molecule has 0 saturated heterocycles. The molecular weight excluding hydrogens is 224 g/mol. The average Bonchev–Trinajstić information content (AvgIpc) is 2.23. The van der Waals surface area contributed by atoms with Crippen molar-refractivity contribution in [2.75, 3.05) is 0 Å². The van der Waals surface area contributed by atoms with Gasteiger partial charge in [0.2, 0.25) is 0 Å². The van der Waals surface area contributed by atoms with Crippen LogP contribution in [0.4, 0.5) is 8.78 Å². The van der Waals surface area contributed by atoms with E-state index in [9.17, 15) is 13.6 Å². The summed E-state index contributed by atoms with van der Waals surface area (Å²) in [6.07, 6.45) is 1.60. The Morgan fingerprint density at radius 2 is 1.82 bits per heavy atom. The van der Waals surface area contributed by atoms with E-state index in [1.165, 1.54) is 16.7 Å². The van der Waals surface area contributed by atoms with Gasteiger partial charge in [0.05, 0.1) is 6.54 Å². The first-order valence-electron chi connectivity index (χ1n) is 5.17. The Bertz CT molecular complexity index is 584. The second-order valence-corrected chi connectivity index (χ2v) is 3.90. The van der Waals surface area contributed by atoms with Crippen LogP contribution >= 0.6 is 0 Å². The van der Waals surface area contributed by atoms with Crippen LogP contribution in [0.5, 0.6) is 0 Å². The topological polar surface area (TPSA) is 22.0 Å². The maximum Gasteiger partial charge on any atom is 0.253 e. The van der Waals surface area contributed by atoms with Crippen molar-refractivity contribution in [1.29, 1.82) is 0 Å². The minimum absolute atomic E-state index is 0.155. The van der Waals surface area contributed by atoms with Crippen LogP contribution in [0.2, 0.25) is 0 Å². The average molecular weight is 235 g/mol. The summed E-state index contributed by atoms with van der Waals surface area (Å²) in [6, 6.07) is 6.68. The zero-order chi connectivity index (χ0) is 12.4. The monoisotopic (exact) mass is 235 g/mol. The van der Waals surface area contributed by atoms with Gasteiger partial charge in [-0.3, -0.25) is 4.79 Å². The summed E-state index contributed by atoms with van der Waals surface area (Å²) in [5.74, 6) is -1.28. The number of rotatable bonds is 2. The number of hydrogen-bond donors (Lipinski definition) is 0. The van der Waals surface area contributed by atoms with Crippen LogP contribution in [0, 0.1) is 18.6 Å². The molecule has 0 aliphatic carbocycles. The van der Waals surface area contributed by atoms with Gasteiger partial charge in [-0.05, 0) is 30.7 Å². The zero-order valence-corrected chi connectivity index (χ0v) is 9.28. The highest BCUT2D eigenvalue weighted by Crippen LogP contribution is 2.08. The molecule has 0 atom stereocenters. The fourth-order valence-corrected chi connectivity index (χ4v) is 1.68. The largest absolute Gasteiger partial charge is 0.311 e. The molecule has 0 aliphatic rings. The number of hydrogen-bond acceptors (Lipinski definition) is 1. The minimum atomic E-state index is -0.638. The molecule has 88 valence electrons. The van der Waals surface area contributed by atoms with Gasteiger partial charge in [-0.2, -0.15) is 0 Å². The molecule has 0 amide bonds. The van der Waals surface area contributed by atoms with Crippen LogP contribution in [0.15, 0.2) is 41.3 Å². The number of nitrogens with zero attached hydrogens (tertiary/aromatic N) is 1. The van der Waals surface area contributed by atoms with E-state index in [2.05, 4.69) is 0 Å². The van der Waals surface area contributed by atoms with Crippen molar-refractivity contribution in [3.63, 3.8) is 0 Å². The third kappa shape index (κ3) is 2.58. The highest BCUT2D eigenvalue weighted by atomic mass is 19.1. The van der Waals surface area contributed by atoms with Crippen molar-refractivity contribution in [3.8, 4) is 0 Å². The molecule has 0 unspecified atom stereocenters. The van der Waals surface area contributed by atoms with Crippen LogP contribution in [0.3, 0.4) is 0 Å². The molecule has 0 spiro atoms. The highest BCUT2D eigenvalue weighted by molar-refractivity contribution is 5.19. The first kappa shape index (κ1) is 11.5. The van der Waals surface area contributed by atoms with Crippen molar-refractivity contribution < 1.29 is 8.78 Å². The molecule has 2 aromatic rings. The predicted molar refractivity (Wildman–Crippen MR) is 60.9 cm³/mol. The Morgan fingerprint density at radius 3 is 2.47 bits per heavy atom. The van der Waals surface area contributed by atoms with Crippen LogP contribution in [0.1, 0.15) is 11.1 Å². The van der Waals surface area contributed by atoms with E-state index >= 15 is 0 Å². The normalized spacial score (nSPS) is 10.5. The van der Waals surface area contributed by atoms with Crippen LogP contribution in [0.25, 0.3) is 0 Å². The molecule has 1 aromatic heterocycles. The molecule has 1 heterocycles. The Balaban J connectivity index is 2.38. The van der Waals surface area contributed by atoms with Gasteiger partial charge in [0.1, 0.15) is 11.6 Å². The lowest BCUT2D eigenvalue weighted by Crippen LogP contribution is -2.21. The Morgan fingerprint density at radius 1 is 1.18 bits per heavy atom. The number of aromatic nitrogens is 1. The number of benzene rings is 1. The van der Waals surface area contributed by atoms with Crippen LogP contribution < -0.4 is 5.56 Å². The van der Waals surface area contributed by atoms with Crippen molar-refractivity contribution in [3.05, 3.63) is 69.6 Å². The number of halogens is 2. The molecule has 0 N–H and O–H groups in total. The lowest BCUT2D eigenvalue weighted by molar-refractivity contribution is 0.577. The first-order chi connectivity index (χ1) is 8.06. The number of aryl methyl sites for hydroxylation is 1. The smallest absolute Gasteiger partial charge is 0.253 e. The van der Waals surface area contributed by atoms with E-state index in [0.29, 0.717) is 11.1 Å². The minimum Gasteiger partial charge on any atom is -0.311 e. The molecular formula is C13H11F2NO. The molecule has 4 heteroatoms. The number of pyridine rings is 1. The van der Waals surface area contributed by atoms with Gasteiger partial charge in [0, 0.05) is 17.8 Å². The molecule has 0 radical (unpaired) electrons. The van der Waals surface area contributed by atoms with Gasteiger partial charge in [-0.15, -0.1) is 0 Å². The zero-order valence-electron chi connectivity index (χ0n) is 9.28. The van der Waals surface area contributed by atoms with E-state index in [0.717, 1.165) is 6.07 Å². The summed E-state index contributed by atoms with van der Waals surface area (Å²) in [6.45, 7) is 1.86. The van der Waals surface area contributed by atoms with Crippen molar-refractivity contribution >= 4 is 0 Å². The van der Waals surface area contributed by atoms with Crippen molar-refractivity contribution in [1.82, 2.24) is 4.57 Å². The van der Waals surface area contributed by atoms with Crippen LogP contribution in [-0.4, -0.2) is 4.57 Å². The Kier molecular flexibility index (Phi) is 3.04. The molecule has 17 heavy (non-hydrogen) atoms. The molecule has 0 fully saturated rings. The third-order valence-electron chi connectivity index (χ3n) is 2.49. The summed E-state index contributed by atoms with van der Waals surface area (Å²) >= 11 is 0. The SMILES string of the molecule is Cc1cccn(Cc2cc(F)cc(F)c2)c1=O. The van der Waals surface area contributed by atoms with Gasteiger partial charge >= 0.3 is 0 Å². The summed E-state index contributed by atoms with van der Waals surface area (Å²) in [5.41, 5.74) is 0.872. The fraction of sp³-hybridized carbons (Fsp3) is 0.154. The van der Waals surface area contributed by atoms with Gasteiger partial charge in [0.25, 0.3) is 5.56 Å². The van der Waals surface area contributed by atoms with E-state index < -0.39 is 11.6 Å². The van der Waals surface area contributed by atoms with Crippen molar-refractivity contribution in [2.24, 2.45) is 0 Å². The summed E-state index contributed by atoms with van der Waals surface area (Å²) in [5, 5.41) is 0. The molecule has 2 nitrogen and oxygen atoms in total. The quantitative estimate of drug-likeness (QED) is 0.783. The van der Waals surface area contributed by atoms with Gasteiger partial charge < -0.3 is 4.57 Å². The Hall–Kier alpha value is -1.97. The van der Waals surface area contributed by atoms with Crippen LogP contribution in [-0.2, 0) is 6.54 Å². The fourth-order valence-electron chi connectivity index (χ4n) is 1.68. The summed E-state index contributed by atoms with van der Waals surface area (Å²) < 4.78 is 27.4. The predicted octanol–water partition coefficient (Wildman–Crippen LogP) is 2.48. The standard InChI is InChI=1S/C13H11F2NO/c1-9-3-2-4-16(13(9)17)8-10-5-11(14)7-12(15)6-10/h2-7H,8H2,1H3. The van der Waals surface area contributed by atoms with E-state index in [1.807, 2.05) is 0 Å². The van der Waals surface area contributed by atoms with E-state index in [4.69, 9.17) is 0 Å². The van der Waals surface area contributed by atoms with Gasteiger partial charge in [-0.25, -0.2) is 8.78 Å². The molecule has 1 aromatic carbocycles. The maximum atomic E-state index is 13.0. The third-order valence-corrected chi connectivity index (χ3v) is 2.49.